The van der Waals surface area contributed by atoms with E-state index in [1.807, 2.05) is 0 Å². The van der Waals surface area contributed by atoms with Crippen LogP contribution in [0, 0.1) is 5.41 Å². The predicted octanol–water partition coefficient (Wildman–Crippen LogP) is 1.16. The van der Waals surface area contributed by atoms with Gasteiger partial charge in [-0.05, 0) is 5.41 Å². The topological polar surface area (TPSA) is 39.3 Å². The molecule has 4 nitrogen and oxygen atoms in total. The first-order valence-corrected chi connectivity index (χ1v) is 11.3. The Labute approximate surface area is 142 Å². The Bertz CT molecular complexity index is 240. The molecule has 0 atom stereocenters. The number of thioether (sulfide) groups is 3. The number of fused-ring (bicyclic) bond motifs is 15. The van der Waals surface area contributed by atoms with Gasteiger partial charge in [0, 0.05) is 54.2 Å². The number of rotatable bonds is 0. The molecule has 3 fully saturated rings. The molecule has 0 spiro atoms. The molecule has 0 unspecified atom stereocenters. The van der Waals surface area contributed by atoms with Crippen molar-refractivity contribution in [1.82, 2.24) is 20.9 Å². The summed E-state index contributed by atoms with van der Waals surface area (Å²) in [6.45, 7) is 8.72. The summed E-state index contributed by atoms with van der Waals surface area (Å²) in [5.74, 6) is 7.54. The smallest absolute Gasteiger partial charge is 0.0505 e. The van der Waals surface area contributed by atoms with E-state index in [4.69, 9.17) is 0 Å². The second-order valence-electron chi connectivity index (χ2n) is 6.11. The van der Waals surface area contributed by atoms with Crippen LogP contribution < -0.4 is 16.0 Å². The van der Waals surface area contributed by atoms with Crippen LogP contribution in [0.1, 0.15) is 6.92 Å². The lowest BCUT2D eigenvalue weighted by Crippen LogP contribution is -2.46. The highest BCUT2D eigenvalue weighted by Crippen LogP contribution is 2.31. The maximum Gasteiger partial charge on any atom is 0.0505 e. The summed E-state index contributed by atoms with van der Waals surface area (Å²) in [5, 5.41) is 10.7. The molecule has 2 bridgehead atoms. The fourth-order valence-electron chi connectivity index (χ4n) is 2.39. The van der Waals surface area contributed by atoms with Gasteiger partial charge in [-0.25, -0.2) is 0 Å². The van der Waals surface area contributed by atoms with Gasteiger partial charge in [-0.3, -0.25) is 4.90 Å². The van der Waals surface area contributed by atoms with Crippen molar-refractivity contribution in [3.63, 3.8) is 0 Å². The lowest BCUT2D eigenvalue weighted by atomic mass is 9.99. The summed E-state index contributed by atoms with van der Waals surface area (Å²) in [5.41, 5.74) is 0.472. The van der Waals surface area contributed by atoms with Crippen LogP contribution in [-0.4, -0.2) is 79.1 Å². The summed E-state index contributed by atoms with van der Waals surface area (Å²) in [6, 6.07) is 0. The molecule has 0 amide bonds. The van der Waals surface area contributed by atoms with Crippen molar-refractivity contribution in [3.8, 4) is 0 Å². The molecule has 3 aliphatic rings. The average molecular weight is 351 g/mol. The number of nitrogens with one attached hydrogen (secondary N) is 3. The van der Waals surface area contributed by atoms with E-state index in [1.165, 1.54) is 34.5 Å². The Morgan fingerprint density at radius 1 is 0.714 bits per heavy atom. The summed E-state index contributed by atoms with van der Waals surface area (Å²) < 4.78 is 0. The van der Waals surface area contributed by atoms with Crippen molar-refractivity contribution >= 4 is 35.3 Å². The second kappa shape index (κ2) is 10.6. The normalized spacial score (nSPS) is 35.0. The lowest BCUT2D eigenvalue weighted by Gasteiger charge is -2.30. The molecule has 7 heteroatoms. The number of hydrogen-bond acceptors (Lipinski definition) is 7. The maximum atomic E-state index is 3.58. The molecular formula is C14H30N4S3. The van der Waals surface area contributed by atoms with Gasteiger partial charge >= 0.3 is 0 Å². The quantitative estimate of drug-likeness (QED) is 0.606. The average Bonchev–Trinajstić information content (AvgIpc) is 2.48. The highest BCUT2D eigenvalue weighted by molar-refractivity contribution is 8.01. The van der Waals surface area contributed by atoms with Gasteiger partial charge in [-0.1, -0.05) is 6.92 Å². The Morgan fingerprint density at radius 3 is 1.48 bits per heavy atom. The monoisotopic (exact) mass is 350 g/mol. The minimum Gasteiger partial charge on any atom is -0.303 e. The Morgan fingerprint density at radius 2 is 1.10 bits per heavy atom. The van der Waals surface area contributed by atoms with Gasteiger partial charge in [-0.15, -0.1) is 0 Å². The van der Waals surface area contributed by atoms with Crippen molar-refractivity contribution in [1.29, 1.82) is 0 Å². The summed E-state index contributed by atoms with van der Waals surface area (Å²) >= 11 is 6.38. The summed E-state index contributed by atoms with van der Waals surface area (Å²) in [4.78, 5) is 2.42. The van der Waals surface area contributed by atoms with Gasteiger partial charge in [0.1, 0.15) is 0 Å². The molecule has 0 aromatic heterocycles. The summed E-state index contributed by atoms with van der Waals surface area (Å²) in [6.07, 6.45) is 0. The van der Waals surface area contributed by atoms with E-state index < -0.39 is 0 Å². The molecule has 3 saturated heterocycles. The van der Waals surface area contributed by atoms with Crippen LogP contribution in [0.4, 0.5) is 0 Å². The van der Waals surface area contributed by atoms with Gasteiger partial charge in [0.25, 0.3) is 0 Å². The van der Waals surface area contributed by atoms with Gasteiger partial charge in [0.05, 0.1) is 20.0 Å². The van der Waals surface area contributed by atoms with Crippen LogP contribution in [-0.2, 0) is 0 Å². The zero-order valence-corrected chi connectivity index (χ0v) is 15.6. The zero-order chi connectivity index (χ0) is 14.8. The molecule has 3 rings (SSSR count). The van der Waals surface area contributed by atoms with Crippen molar-refractivity contribution < 1.29 is 0 Å². The third-order valence-corrected chi connectivity index (χ3v) is 7.81. The molecule has 0 aromatic rings. The Balaban J connectivity index is 1.96. The first-order valence-electron chi connectivity index (χ1n) is 7.86. The van der Waals surface area contributed by atoms with E-state index in [0.717, 1.165) is 39.6 Å². The van der Waals surface area contributed by atoms with E-state index >= 15 is 0 Å². The predicted molar refractivity (Wildman–Crippen MR) is 101 cm³/mol. The zero-order valence-electron chi connectivity index (χ0n) is 13.2. The largest absolute Gasteiger partial charge is 0.303 e. The van der Waals surface area contributed by atoms with E-state index in [1.54, 1.807) is 0 Å². The molecule has 0 aromatic carbocycles. The second-order valence-corrected chi connectivity index (χ2v) is 9.43. The minimum atomic E-state index is 0.472. The number of hydrogen-bond donors (Lipinski definition) is 3. The molecule has 124 valence electrons. The third kappa shape index (κ3) is 7.81. The molecule has 3 heterocycles. The van der Waals surface area contributed by atoms with Gasteiger partial charge in [0.15, 0.2) is 0 Å². The van der Waals surface area contributed by atoms with Crippen LogP contribution >= 0.6 is 35.3 Å². The molecule has 0 radical (unpaired) electrons. The van der Waals surface area contributed by atoms with E-state index in [0.29, 0.717) is 5.41 Å². The molecule has 21 heavy (non-hydrogen) atoms. The third-order valence-electron chi connectivity index (χ3n) is 3.63. The first kappa shape index (κ1) is 18.2. The van der Waals surface area contributed by atoms with E-state index in [2.05, 4.69) is 63.1 Å². The van der Waals surface area contributed by atoms with Crippen LogP contribution in [0.3, 0.4) is 0 Å². The Kier molecular flexibility index (Phi) is 9.22. The van der Waals surface area contributed by atoms with Gasteiger partial charge < -0.3 is 16.0 Å². The van der Waals surface area contributed by atoms with Gasteiger partial charge in [0.2, 0.25) is 0 Å². The first-order chi connectivity index (χ1) is 10.3. The van der Waals surface area contributed by atoms with E-state index in [9.17, 15) is 0 Å². The minimum absolute atomic E-state index is 0.472. The molecule has 3 aliphatic heterocycles. The van der Waals surface area contributed by atoms with Crippen molar-refractivity contribution in [2.45, 2.75) is 6.92 Å². The van der Waals surface area contributed by atoms with Crippen LogP contribution in [0.5, 0.6) is 0 Å². The fourth-order valence-corrected chi connectivity index (χ4v) is 6.17. The van der Waals surface area contributed by atoms with Crippen molar-refractivity contribution in [3.05, 3.63) is 0 Å². The maximum absolute atomic E-state index is 3.58. The molecule has 0 saturated carbocycles. The van der Waals surface area contributed by atoms with Crippen LogP contribution in [0.15, 0.2) is 0 Å². The summed E-state index contributed by atoms with van der Waals surface area (Å²) in [7, 11) is 0. The molecular weight excluding hydrogens is 320 g/mol. The number of nitrogens with zero attached hydrogens (tertiary/aromatic N) is 1. The highest BCUT2D eigenvalue weighted by atomic mass is 32.2. The molecule has 3 N–H and O–H groups in total. The highest BCUT2D eigenvalue weighted by Gasteiger charge is 2.24. The molecule has 0 aliphatic carbocycles. The van der Waals surface area contributed by atoms with E-state index in [-0.39, 0.29) is 0 Å². The lowest BCUT2D eigenvalue weighted by molar-refractivity contribution is 0.223. The van der Waals surface area contributed by atoms with Crippen molar-refractivity contribution in [2.24, 2.45) is 5.41 Å². The van der Waals surface area contributed by atoms with Crippen molar-refractivity contribution in [2.75, 3.05) is 74.2 Å². The fraction of sp³-hybridized carbons (Fsp3) is 1.00. The standard InChI is InChI=1S/C14H30N4S3/c1-14-8-19-5-2-15-11-18(12-16-3-6-20-9-14)13-17-4-7-21-10-14/h15-17H,2-13H2,1H3. The van der Waals surface area contributed by atoms with Crippen LogP contribution in [0.2, 0.25) is 0 Å². The Hall–Kier alpha value is 0.890. The SMILES string of the molecule is CC12CSCCNCN(CNCCSC1)CNCCSC2. The van der Waals surface area contributed by atoms with Crippen LogP contribution in [0.25, 0.3) is 0 Å². The van der Waals surface area contributed by atoms with Gasteiger partial charge in [-0.2, -0.15) is 35.3 Å².